The van der Waals surface area contributed by atoms with Crippen LogP contribution in [0.3, 0.4) is 0 Å². The van der Waals surface area contributed by atoms with Gasteiger partial charge >= 0.3 is 0 Å². The van der Waals surface area contributed by atoms with E-state index >= 15 is 0 Å². The zero-order chi connectivity index (χ0) is 15.0. The third kappa shape index (κ3) is 2.96. The summed E-state index contributed by atoms with van der Waals surface area (Å²) in [5, 5.41) is 0.548. The first kappa shape index (κ1) is 14.2. The third-order valence-corrected chi connectivity index (χ3v) is 4.01. The normalized spacial score (nSPS) is 14.2. The maximum Gasteiger partial charge on any atom is 0.270 e. The molecule has 0 fully saturated rings. The van der Waals surface area contributed by atoms with Crippen LogP contribution in [0.25, 0.3) is 0 Å². The summed E-state index contributed by atoms with van der Waals surface area (Å²) in [6.07, 6.45) is 1.62. The van der Waals surface area contributed by atoms with E-state index in [0.717, 1.165) is 18.7 Å². The van der Waals surface area contributed by atoms with E-state index < -0.39 is 0 Å². The maximum atomic E-state index is 12.3. The molecule has 2 heterocycles. The Kier molecular flexibility index (Phi) is 3.74. The lowest BCUT2D eigenvalue weighted by Gasteiger charge is -2.17. The van der Waals surface area contributed by atoms with Gasteiger partial charge in [0.2, 0.25) is 0 Å². The summed E-state index contributed by atoms with van der Waals surface area (Å²) in [6.45, 7) is 2.57. The molecule has 1 aromatic heterocycles. The van der Waals surface area contributed by atoms with Crippen LogP contribution in [-0.4, -0.2) is 34.8 Å². The number of aromatic nitrogens is 1. The van der Waals surface area contributed by atoms with Crippen molar-refractivity contribution in [3.8, 4) is 0 Å². The summed E-state index contributed by atoms with van der Waals surface area (Å²) in [5.74, 6) is -0.0560. The standard InChI is InChI=1S/C16H18ClN3O/c1-19-9-12-4-3-11(5-13(12)10-19)8-20(2)16(21)15-6-14(17)7-18-15/h3-7,18H,8-10H2,1-2H3. The molecule has 0 spiro atoms. The highest BCUT2D eigenvalue weighted by Gasteiger charge is 2.17. The van der Waals surface area contributed by atoms with Gasteiger partial charge in [-0.2, -0.15) is 0 Å². The van der Waals surface area contributed by atoms with Crippen molar-refractivity contribution in [3.05, 3.63) is 57.9 Å². The van der Waals surface area contributed by atoms with Gasteiger partial charge in [0.15, 0.2) is 0 Å². The summed E-state index contributed by atoms with van der Waals surface area (Å²) in [5.41, 5.74) is 4.41. The minimum atomic E-state index is -0.0560. The molecule has 0 radical (unpaired) electrons. The molecule has 0 aliphatic carbocycles. The Morgan fingerprint density at radius 3 is 2.81 bits per heavy atom. The molecule has 0 unspecified atom stereocenters. The Hall–Kier alpha value is -1.78. The van der Waals surface area contributed by atoms with E-state index in [1.807, 2.05) is 0 Å². The lowest BCUT2D eigenvalue weighted by molar-refractivity contribution is 0.0780. The van der Waals surface area contributed by atoms with Crippen LogP contribution in [0.2, 0.25) is 5.02 Å². The summed E-state index contributed by atoms with van der Waals surface area (Å²) in [4.78, 5) is 19.1. The number of H-pyrrole nitrogens is 1. The Labute approximate surface area is 129 Å². The van der Waals surface area contributed by atoms with Crippen molar-refractivity contribution in [2.45, 2.75) is 19.6 Å². The number of halogens is 1. The van der Waals surface area contributed by atoms with Crippen molar-refractivity contribution in [1.82, 2.24) is 14.8 Å². The average Bonchev–Trinajstić information content (AvgIpc) is 3.02. The second-order valence-corrected chi connectivity index (χ2v) is 6.10. The molecule has 21 heavy (non-hydrogen) atoms. The molecular formula is C16H18ClN3O. The smallest absolute Gasteiger partial charge is 0.270 e. The number of aromatic amines is 1. The lowest BCUT2D eigenvalue weighted by atomic mass is 10.1. The molecule has 0 bridgehead atoms. The molecule has 1 N–H and O–H groups in total. The number of carbonyl (C=O) groups is 1. The van der Waals surface area contributed by atoms with Gasteiger partial charge in [-0.1, -0.05) is 29.8 Å². The first-order valence-electron chi connectivity index (χ1n) is 6.91. The van der Waals surface area contributed by atoms with Gasteiger partial charge in [-0.3, -0.25) is 9.69 Å². The Bertz CT molecular complexity index is 680. The molecule has 0 saturated carbocycles. The summed E-state index contributed by atoms with van der Waals surface area (Å²) in [7, 11) is 3.92. The molecule has 3 rings (SSSR count). The number of amides is 1. The number of hydrogen-bond donors (Lipinski definition) is 1. The number of carbonyl (C=O) groups excluding carboxylic acids is 1. The number of nitrogens with one attached hydrogen (secondary N) is 1. The van der Waals surface area contributed by atoms with Crippen LogP contribution in [0.15, 0.2) is 30.5 Å². The molecule has 4 nitrogen and oxygen atoms in total. The number of nitrogens with zero attached hydrogens (tertiary/aromatic N) is 2. The Balaban J connectivity index is 1.72. The Morgan fingerprint density at radius 2 is 2.10 bits per heavy atom. The highest BCUT2D eigenvalue weighted by molar-refractivity contribution is 6.30. The van der Waals surface area contributed by atoms with Crippen LogP contribution in [0, 0.1) is 0 Å². The predicted molar refractivity (Wildman–Crippen MR) is 83.2 cm³/mol. The zero-order valence-electron chi connectivity index (χ0n) is 12.2. The minimum absolute atomic E-state index is 0.0560. The third-order valence-electron chi connectivity index (χ3n) is 3.80. The average molecular weight is 304 g/mol. The van der Waals surface area contributed by atoms with Gasteiger partial charge in [0, 0.05) is 32.9 Å². The van der Waals surface area contributed by atoms with Crippen LogP contribution >= 0.6 is 11.6 Å². The van der Waals surface area contributed by atoms with Crippen molar-refractivity contribution >= 4 is 17.5 Å². The van der Waals surface area contributed by atoms with Gasteiger partial charge in [-0.05, 0) is 29.8 Å². The van der Waals surface area contributed by atoms with Crippen molar-refractivity contribution < 1.29 is 4.79 Å². The van der Waals surface area contributed by atoms with Gasteiger partial charge in [-0.15, -0.1) is 0 Å². The number of fused-ring (bicyclic) bond motifs is 1. The largest absolute Gasteiger partial charge is 0.356 e. The number of benzene rings is 1. The van der Waals surface area contributed by atoms with Gasteiger partial charge in [0.25, 0.3) is 5.91 Å². The molecule has 1 aliphatic rings. The fourth-order valence-corrected chi connectivity index (χ4v) is 2.92. The van der Waals surface area contributed by atoms with Crippen LogP contribution in [-0.2, 0) is 19.6 Å². The predicted octanol–water partition coefficient (Wildman–Crippen LogP) is 2.89. The lowest BCUT2D eigenvalue weighted by Crippen LogP contribution is -2.26. The first-order valence-corrected chi connectivity index (χ1v) is 7.29. The van der Waals surface area contributed by atoms with Gasteiger partial charge in [-0.25, -0.2) is 0 Å². The SMILES string of the molecule is CN1Cc2ccc(CN(C)C(=O)c3cc(Cl)c[nH]3)cc2C1. The fraction of sp³-hybridized carbons (Fsp3) is 0.312. The van der Waals surface area contributed by atoms with Crippen molar-refractivity contribution in [3.63, 3.8) is 0 Å². The number of hydrogen-bond acceptors (Lipinski definition) is 2. The molecule has 5 heteroatoms. The van der Waals surface area contributed by atoms with Crippen LogP contribution in [0.1, 0.15) is 27.2 Å². The second-order valence-electron chi connectivity index (χ2n) is 5.67. The molecule has 110 valence electrons. The van der Waals surface area contributed by atoms with Crippen molar-refractivity contribution in [2.75, 3.05) is 14.1 Å². The summed E-state index contributed by atoms with van der Waals surface area (Å²) < 4.78 is 0. The first-order chi connectivity index (χ1) is 10.0. The van der Waals surface area contributed by atoms with E-state index in [-0.39, 0.29) is 5.91 Å². The summed E-state index contributed by atoms with van der Waals surface area (Å²) in [6, 6.07) is 8.11. The van der Waals surface area contributed by atoms with E-state index in [1.165, 1.54) is 11.1 Å². The Morgan fingerprint density at radius 1 is 1.33 bits per heavy atom. The molecule has 1 amide bonds. The molecule has 1 aromatic carbocycles. The second kappa shape index (κ2) is 5.54. The maximum absolute atomic E-state index is 12.3. The van der Waals surface area contributed by atoms with Crippen LogP contribution < -0.4 is 0 Å². The van der Waals surface area contributed by atoms with Crippen molar-refractivity contribution in [2.24, 2.45) is 0 Å². The van der Waals surface area contributed by atoms with Gasteiger partial charge in [0.05, 0.1) is 5.02 Å². The van der Waals surface area contributed by atoms with E-state index in [0.29, 0.717) is 17.3 Å². The van der Waals surface area contributed by atoms with E-state index in [2.05, 4.69) is 35.1 Å². The molecule has 0 atom stereocenters. The fourth-order valence-electron chi connectivity index (χ4n) is 2.76. The zero-order valence-corrected chi connectivity index (χ0v) is 12.9. The van der Waals surface area contributed by atoms with E-state index in [9.17, 15) is 4.79 Å². The van der Waals surface area contributed by atoms with Crippen LogP contribution in [0.5, 0.6) is 0 Å². The molecule has 2 aromatic rings. The number of rotatable bonds is 3. The minimum Gasteiger partial charge on any atom is -0.356 e. The van der Waals surface area contributed by atoms with E-state index in [4.69, 9.17) is 11.6 Å². The van der Waals surface area contributed by atoms with Gasteiger partial charge < -0.3 is 9.88 Å². The topological polar surface area (TPSA) is 39.3 Å². The van der Waals surface area contributed by atoms with Crippen molar-refractivity contribution in [1.29, 1.82) is 0 Å². The van der Waals surface area contributed by atoms with Crippen LogP contribution in [0.4, 0.5) is 0 Å². The molecule has 0 saturated heterocycles. The quantitative estimate of drug-likeness (QED) is 0.947. The monoisotopic (exact) mass is 303 g/mol. The highest BCUT2D eigenvalue weighted by Crippen LogP contribution is 2.23. The highest BCUT2D eigenvalue weighted by atomic mass is 35.5. The van der Waals surface area contributed by atoms with E-state index in [1.54, 1.807) is 24.2 Å². The molecular weight excluding hydrogens is 286 g/mol. The molecule has 1 aliphatic heterocycles. The summed E-state index contributed by atoms with van der Waals surface area (Å²) >= 11 is 5.84. The van der Waals surface area contributed by atoms with Gasteiger partial charge in [0.1, 0.15) is 5.69 Å².